The van der Waals surface area contributed by atoms with Gasteiger partial charge in [-0.3, -0.25) is 14.5 Å². The Kier molecular flexibility index (Phi) is 3.96. The zero-order valence-electron chi connectivity index (χ0n) is 16.3. The molecule has 0 atom stereocenters. The average molecular weight is 386 g/mol. The third kappa shape index (κ3) is 2.73. The van der Waals surface area contributed by atoms with Crippen LogP contribution >= 0.6 is 0 Å². The molecule has 0 bridgehead atoms. The Hall–Kier alpha value is -3.18. The van der Waals surface area contributed by atoms with Crippen LogP contribution in [0.1, 0.15) is 40.9 Å². The van der Waals surface area contributed by atoms with Gasteiger partial charge >= 0.3 is 0 Å². The lowest BCUT2D eigenvalue weighted by Gasteiger charge is -2.38. The monoisotopic (exact) mass is 386 g/mol. The molecule has 5 rings (SSSR count). The van der Waals surface area contributed by atoms with Gasteiger partial charge in [0.05, 0.1) is 12.0 Å². The van der Waals surface area contributed by atoms with Gasteiger partial charge in [-0.1, -0.05) is 54.6 Å². The Labute approximate surface area is 169 Å². The Balaban J connectivity index is 1.67. The summed E-state index contributed by atoms with van der Waals surface area (Å²) >= 11 is 0. The average Bonchev–Trinajstić information content (AvgIpc) is 3.10. The van der Waals surface area contributed by atoms with Gasteiger partial charge in [-0.25, -0.2) is 0 Å². The van der Waals surface area contributed by atoms with Crippen molar-refractivity contribution in [1.29, 1.82) is 0 Å². The van der Waals surface area contributed by atoms with Gasteiger partial charge in [0.1, 0.15) is 11.5 Å². The van der Waals surface area contributed by atoms with Crippen molar-refractivity contribution in [3.05, 3.63) is 71.5 Å². The summed E-state index contributed by atoms with van der Waals surface area (Å²) in [5, 5.41) is 0. The second-order valence-electron chi connectivity index (χ2n) is 7.99. The lowest BCUT2D eigenvalue weighted by molar-refractivity contribution is -0.127. The molecule has 2 aliphatic rings. The van der Waals surface area contributed by atoms with Crippen LogP contribution in [0.4, 0.5) is 0 Å². The second-order valence-corrected chi connectivity index (χ2v) is 7.99. The van der Waals surface area contributed by atoms with Gasteiger partial charge < -0.3 is 10.2 Å². The largest absolute Gasteiger partial charge is 0.459 e. The lowest BCUT2D eigenvalue weighted by atomic mass is 9.72. The van der Waals surface area contributed by atoms with E-state index in [1.54, 1.807) is 0 Å². The van der Waals surface area contributed by atoms with Crippen LogP contribution in [0.5, 0.6) is 0 Å². The molecule has 2 amide bonds. The predicted molar refractivity (Wildman–Crippen MR) is 110 cm³/mol. The number of nitrogens with two attached hydrogens (primary N) is 1. The third-order valence-electron chi connectivity index (χ3n) is 6.22. The Morgan fingerprint density at radius 2 is 1.62 bits per heavy atom. The van der Waals surface area contributed by atoms with Gasteiger partial charge in [0.15, 0.2) is 0 Å². The molecular weight excluding hydrogens is 364 g/mol. The fraction of sp³-hybridized carbons (Fsp3) is 0.250. The molecule has 3 aromatic rings. The number of amides is 2. The summed E-state index contributed by atoms with van der Waals surface area (Å²) in [6, 6.07) is 17.8. The fourth-order valence-corrected chi connectivity index (χ4v) is 4.25. The lowest BCUT2D eigenvalue weighted by Crippen LogP contribution is -2.43. The van der Waals surface area contributed by atoms with Crippen LogP contribution in [0.25, 0.3) is 22.5 Å². The molecule has 0 radical (unpaired) electrons. The summed E-state index contributed by atoms with van der Waals surface area (Å²) in [5.74, 6) is 0.471. The topological polar surface area (TPSA) is 76.5 Å². The number of hydrogen-bond donors (Lipinski definition) is 1. The number of fused-ring (bicyclic) bond motifs is 1. The molecule has 1 saturated carbocycles. The molecule has 1 fully saturated rings. The molecule has 5 heteroatoms. The van der Waals surface area contributed by atoms with Crippen molar-refractivity contribution in [3.8, 4) is 22.5 Å². The Morgan fingerprint density at radius 3 is 2.24 bits per heavy atom. The van der Waals surface area contributed by atoms with E-state index < -0.39 is 0 Å². The molecule has 146 valence electrons. The molecule has 1 aliphatic carbocycles. The van der Waals surface area contributed by atoms with E-state index >= 15 is 0 Å². The number of carbonyl (C=O) groups is 2. The zero-order valence-corrected chi connectivity index (χ0v) is 16.3. The molecule has 2 heterocycles. The maximum absolute atomic E-state index is 12.9. The van der Waals surface area contributed by atoms with Crippen molar-refractivity contribution < 1.29 is 14.0 Å². The fourth-order valence-electron chi connectivity index (χ4n) is 4.25. The maximum atomic E-state index is 12.9. The number of nitrogens with zero attached hydrogens (tertiary/aromatic N) is 1. The van der Waals surface area contributed by atoms with E-state index in [1.165, 1.54) is 11.9 Å². The zero-order chi connectivity index (χ0) is 20.2. The molecule has 2 aromatic carbocycles. The van der Waals surface area contributed by atoms with Crippen LogP contribution in [0.2, 0.25) is 0 Å². The first kappa shape index (κ1) is 17.9. The molecule has 2 N–H and O–H groups in total. The first-order valence-corrected chi connectivity index (χ1v) is 9.90. The van der Waals surface area contributed by atoms with Crippen molar-refractivity contribution in [3.63, 3.8) is 0 Å². The molecule has 5 nitrogen and oxygen atoms in total. The number of furan rings is 1. The van der Waals surface area contributed by atoms with Crippen molar-refractivity contribution in [2.75, 3.05) is 7.05 Å². The smallest absolute Gasteiger partial charge is 0.264 e. The minimum absolute atomic E-state index is 0.0847. The van der Waals surface area contributed by atoms with E-state index in [9.17, 15) is 9.59 Å². The van der Waals surface area contributed by atoms with Gasteiger partial charge in [-0.05, 0) is 30.4 Å². The van der Waals surface area contributed by atoms with E-state index in [2.05, 4.69) is 0 Å². The maximum Gasteiger partial charge on any atom is 0.264 e. The SMILES string of the molecule is CN1C(=O)Cc2oc(-c3ccc(C4(N)CCC4)cc3)c(-c3ccccc3)c2C1=O. The quantitative estimate of drug-likeness (QED) is 0.688. The van der Waals surface area contributed by atoms with Crippen LogP contribution < -0.4 is 5.73 Å². The van der Waals surface area contributed by atoms with Gasteiger partial charge in [-0.2, -0.15) is 0 Å². The van der Waals surface area contributed by atoms with Crippen LogP contribution in [-0.2, 0) is 16.8 Å². The van der Waals surface area contributed by atoms with Crippen molar-refractivity contribution in [2.45, 2.75) is 31.2 Å². The van der Waals surface area contributed by atoms with E-state index in [1.807, 2.05) is 54.6 Å². The highest BCUT2D eigenvalue weighted by molar-refractivity contribution is 6.14. The molecule has 0 saturated heterocycles. The first-order chi connectivity index (χ1) is 14.0. The van der Waals surface area contributed by atoms with Gasteiger partial charge in [-0.15, -0.1) is 0 Å². The molecule has 1 aromatic heterocycles. The van der Waals surface area contributed by atoms with Gasteiger partial charge in [0.2, 0.25) is 5.91 Å². The Bertz CT molecular complexity index is 1110. The van der Waals surface area contributed by atoms with Crippen molar-refractivity contribution in [1.82, 2.24) is 4.90 Å². The highest BCUT2D eigenvalue weighted by Crippen LogP contribution is 2.43. The van der Waals surface area contributed by atoms with Crippen LogP contribution in [0.15, 0.2) is 59.0 Å². The van der Waals surface area contributed by atoms with E-state index in [0.717, 1.165) is 41.5 Å². The van der Waals surface area contributed by atoms with Crippen molar-refractivity contribution in [2.24, 2.45) is 5.73 Å². The summed E-state index contributed by atoms with van der Waals surface area (Å²) in [6.07, 6.45) is 3.24. The highest BCUT2D eigenvalue weighted by Gasteiger charge is 2.37. The van der Waals surface area contributed by atoms with Crippen molar-refractivity contribution >= 4 is 11.8 Å². The summed E-state index contributed by atoms with van der Waals surface area (Å²) in [6.45, 7) is 0. The van der Waals surface area contributed by atoms with Crippen LogP contribution in [0.3, 0.4) is 0 Å². The second kappa shape index (κ2) is 6.42. The van der Waals surface area contributed by atoms with E-state index in [4.69, 9.17) is 10.2 Å². The summed E-state index contributed by atoms with van der Waals surface area (Å²) in [7, 11) is 1.52. The van der Waals surface area contributed by atoms with E-state index in [0.29, 0.717) is 17.1 Å². The molecular formula is C24H22N2O3. The number of likely N-dealkylation sites (N-methyl/N-ethyl adjacent to an activating group) is 1. The van der Waals surface area contributed by atoms with Gasteiger partial charge in [0.25, 0.3) is 5.91 Å². The van der Waals surface area contributed by atoms with E-state index in [-0.39, 0.29) is 23.8 Å². The summed E-state index contributed by atoms with van der Waals surface area (Å²) in [5.41, 5.74) is 10.3. The summed E-state index contributed by atoms with van der Waals surface area (Å²) in [4.78, 5) is 26.3. The Morgan fingerprint density at radius 1 is 0.931 bits per heavy atom. The predicted octanol–water partition coefficient (Wildman–Crippen LogP) is 4.11. The number of hydrogen-bond acceptors (Lipinski definition) is 4. The first-order valence-electron chi connectivity index (χ1n) is 9.90. The molecule has 0 spiro atoms. The highest BCUT2D eigenvalue weighted by atomic mass is 16.3. The molecule has 29 heavy (non-hydrogen) atoms. The minimum Gasteiger partial charge on any atom is -0.459 e. The van der Waals surface area contributed by atoms with Gasteiger partial charge in [0, 0.05) is 23.7 Å². The van der Waals surface area contributed by atoms with Crippen LogP contribution in [0, 0.1) is 0 Å². The molecule has 0 unspecified atom stereocenters. The third-order valence-corrected chi connectivity index (χ3v) is 6.22. The standard InChI is InChI=1S/C24H22N2O3/c1-26-19(27)14-18-21(23(26)28)20(15-6-3-2-4-7-15)22(29-18)16-8-10-17(11-9-16)24(25)12-5-13-24/h2-4,6-11H,5,12-14,25H2,1H3. The minimum atomic E-state index is -0.322. The number of carbonyl (C=O) groups excluding carboxylic acids is 2. The normalized spacial score (nSPS) is 17.8. The van der Waals surface area contributed by atoms with Crippen LogP contribution in [-0.4, -0.2) is 23.8 Å². The summed E-state index contributed by atoms with van der Waals surface area (Å²) < 4.78 is 6.13. The number of benzene rings is 2. The number of rotatable bonds is 3. The molecule has 1 aliphatic heterocycles. The number of imide groups is 1.